The summed E-state index contributed by atoms with van der Waals surface area (Å²) in [5.74, 6) is 1.24. The van der Waals surface area contributed by atoms with E-state index in [-0.39, 0.29) is 0 Å². The molecule has 0 amide bonds. The monoisotopic (exact) mass is 775 g/mol. The number of aliphatic imine (C=N–C) groups is 1. The molecule has 5 aromatic carbocycles. The number of anilines is 5. The van der Waals surface area contributed by atoms with Gasteiger partial charge in [0.2, 0.25) is 16.7 Å². The summed E-state index contributed by atoms with van der Waals surface area (Å²) in [5.41, 5.74) is 26.8. The van der Waals surface area contributed by atoms with E-state index in [1.54, 1.807) is 14.2 Å². The van der Waals surface area contributed by atoms with E-state index in [2.05, 4.69) is 82.9 Å². The van der Waals surface area contributed by atoms with Crippen molar-refractivity contribution >= 4 is 61.9 Å². The maximum Gasteiger partial charge on any atom is 0.239 e. The standard InChI is InChI=1S/C48H54N8O2/c1-32-25-35(54-42-30-47(57-3)37(49)27-41(42)53-34-17-11-9-12-18-34)21-22-39(32)51-23-15-7-5-6-8-16-24-52-40-29-46-43(26-33(40)2)55-44-31-48(58-4)38(50)28-45(44)56(46)36-19-13-10-14-20-36/h9-14,17-20,22,25-31,51,53H,5-8,15-16,21,23-24,49H2,1-4H3,(H2,50,52)/p+1. The molecule has 0 saturated carbocycles. The molecule has 0 spiro atoms. The maximum absolute atomic E-state index is 6.37. The summed E-state index contributed by atoms with van der Waals surface area (Å²) in [6.45, 7) is 6.17. The summed E-state index contributed by atoms with van der Waals surface area (Å²) in [4.78, 5) is 10.0. The number of aryl methyl sites for hydroxylation is 1. The van der Waals surface area contributed by atoms with Gasteiger partial charge in [-0.15, -0.1) is 4.57 Å². The fourth-order valence-electron chi connectivity index (χ4n) is 7.51. The Labute approximate surface area is 341 Å². The molecule has 10 heteroatoms. The zero-order valence-electron chi connectivity index (χ0n) is 34.1. The first-order valence-corrected chi connectivity index (χ1v) is 20.2. The van der Waals surface area contributed by atoms with E-state index in [0.717, 1.165) is 88.6 Å². The van der Waals surface area contributed by atoms with Crippen molar-refractivity contribution in [3.05, 3.63) is 126 Å². The summed E-state index contributed by atoms with van der Waals surface area (Å²) in [6, 6.07) is 32.4. The lowest BCUT2D eigenvalue weighted by Gasteiger charge is -2.18. The van der Waals surface area contributed by atoms with Crippen molar-refractivity contribution in [1.82, 2.24) is 10.3 Å². The highest BCUT2D eigenvalue weighted by Crippen LogP contribution is 2.37. The van der Waals surface area contributed by atoms with Crippen LogP contribution in [-0.4, -0.2) is 38.0 Å². The Bertz CT molecular complexity index is 2480. The number of benzene rings is 5. The van der Waals surface area contributed by atoms with Crippen LogP contribution in [0.3, 0.4) is 0 Å². The van der Waals surface area contributed by atoms with E-state index in [1.165, 1.54) is 42.5 Å². The van der Waals surface area contributed by atoms with Gasteiger partial charge in [-0.05, 0) is 68.2 Å². The number of hydrogen-bond acceptors (Lipinski definition) is 9. The van der Waals surface area contributed by atoms with Crippen LogP contribution in [0.5, 0.6) is 11.5 Å². The van der Waals surface area contributed by atoms with Gasteiger partial charge in [-0.1, -0.05) is 68.2 Å². The number of unbranched alkanes of at least 4 members (excludes halogenated alkanes) is 5. The normalized spacial score (nSPS) is 13.3. The van der Waals surface area contributed by atoms with Crippen LogP contribution in [-0.2, 0) is 0 Å². The van der Waals surface area contributed by atoms with Gasteiger partial charge in [0, 0.05) is 78.7 Å². The van der Waals surface area contributed by atoms with Crippen molar-refractivity contribution in [2.24, 2.45) is 4.99 Å². The van der Waals surface area contributed by atoms with Gasteiger partial charge in [0.05, 0.1) is 37.0 Å². The predicted molar refractivity (Wildman–Crippen MR) is 241 cm³/mol. The number of nitrogens with one attached hydrogen (secondary N) is 3. The Morgan fingerprint density at radius 1 is 0.690 bits per heavy atom. The van der Waals surface area contributed by atoms with Crippen LogP contribution < -0.4 is 41.5 Å². The molecule has 298 valence electrons. The molecule has 0 saturated heterocycles. The summed E-state index contributed by atoms with van der Waals surface area (Å²) in [7, 11) is 3.26. The molecular weight excluding hydrogens is 721 g/mol. The topological polar surface area (TPSA) is 136 Å². The van der Waals surface area contributed by atoms with Crippen LogP contribution >= 0.6 is 0 Å². The summed E-state index contributed by atoms with van der Waals surface area (Å²) in [5, 5.41) is 10.8. The first-order chi connectivity index (χ1) is 28.3. The lowest BCUT2D eigenvalue weighted by molar-refractivity contribution is -0.538. The molecule has 0 atom stereocenters. The smallest absolute Gasteiger partial charge is 0.239 e. The largest absolute Gasteiger partial charge is 0.495 e. The van der Waals surface area contributed by atoms with E-state index >= 15 is 0 Å². The van der Waals surface area contributed by atoms with Gasteiger partial charge in [-0.3, -0.25) is 4.99 Å². The number of methoxy groups -OCH3 is 2. The number of rotatable bonds is 17. The van der Waals surface area contributed by atoms with Gasteiger partial charge in [0.1, 0.15) is 22.5 Å². The third-order valence-electron chi connectivity index (χ3n) is 10.6. The van der Waals surface area contributed by atoms with Gasteiger partial charge in [-0.25, -0.2) is 4.98 Å². The van der Waals surface area contributed by atoms with Crippen molar-refractivity contribution < 1.29 is 14.0 Å². The van der Waals surface area contributed by atoms with Crippen molar-refractivity contribution in [2.45, 2.75) is 58.8 Å². The number of nitrogen functional groups attached to an aromatic ring is 2. The minimum Gasteiger partial charge on any atom is -0.495 e. The first-order valence-electron chi connectivity index (χ1n) is 20.2. The Morgan fingerprint density at radius 2 is 1.31 bits per heavy atom. The van der Waals surface area contributed by atoms with E-state index in [9.17, 15) is 0 Å². The fourth-order valence-corrected chi connectivity index (χ4v) is 7.51. The zero-order chi connectivity index (χ0) is 40.4. The molecule has 0 radical (unpaired) electrons. The average Bonchev–Trinajstić information content (AvgIpc) is 3.23. The van der Waals surface area contributed by atoms with Crippen molar-refractivity contribution in [3.8, 4) is 17.2 Å². The number of aromatic nitrogens is 2. The minimum atomic E-state index is 0.565. The number of nitrogens with zero attached hydrogens (tertiary/aromatic N) is 3. The quantitative estimate of drug-likeness (QED) is 0.0267. The number of allylic oxidation sites excluding steroid dienone is 3. The van der Waals surface area contributed by atoms with Gasteiger partial charge in [0.25, 0.3) is 0 Å². The maximum atomic E-state index is 6.37. The average molecular weight is 776 g/mol. The van der Waals surface area contributed by atoms with E-state index in [4.69, 9.17) is 30.9 Å². The Kier molecular flexibility index (Phi) is 12.7. The Balaban J connectivity index is 0.872. The second-order valence-corrected chi connectivity index (χ2v) is 14.9. The number of ether oxygens (including phenoxy) is 2. The molecule has 58 heavy (non-hydrogen) atoms. The van der Waals surface area contributed by atoms with Gasteiger partial charge >= 0.3 is 0 Å². The Morgan fingerprint density at radius 3 is 2.02 bits per heavy atom. The first kappa shape index (κ1) is 39.7. The molecule has 0 bridgehead atoms. The number of fused-ring (bicyclic) bond motifs is 2. The SMILES string of the molecule is COc1cc(N=C2C=C(C)C(NCCCCCCCCNc3cc4c(cc3C)nc3cc(OC)c(N)cc3[n+]4-c3ccccc3)=CC2)c(Nc2ccccc2)cc1N. The lowest BCUT2D eigenvalue weighted by Crippen LogP contribution is -2.33. The summed E-state index contributed by atoms with van der Waals surface area (Å²) in [6.07, 6.45) is 12.3. The second kappa shape index (κ2) is 18.6. The van der Waals surface area contributed by atoms with Crippen LogP contribution in [0.1, 0.15) is 57.4 Å². The lowest BCUT2D eigenvalue weighted by atomic mass is 10.0. The summed E-state index contributed by atoms with van der Waals surface area (Å²) >= 11 is 0. The van der Waals surface area contributed by atoms with Crippen LogP contribution in [0, 0.1) is 6.92 Å². The van der Waals surface area contributed by atoms with Crippen molar-refractivity contribution in [1.29, 1.82) is 0 Å². The molecule has 1 heterocycles. The number of hydrogen-bond donors (Lipinski definition) is 5. The van der Waals surface area contributed by atoms with Gasteiger partial charge in [-0.2, -0.15) is 0 Å². The third-order valence-corrected chi connectivity index (χ3v) is 10.6. The molecule has 6 aromatic rings. The highest BCUT2D eigenvalue weighted by molar-refractivity contribution is 6.01. The highest BCUT2D eigenvalue weighted by atomic mass is 16.5. The molecule has 7 rings (SSSR count). The highest BCUT2D eigenvalue weighted by Gasteiger charge is 2.22. The van der Waals surface area contributed by atoms with Crippen LogP contribution in [0.2, 0.25) is 0 Å². The number of para-hydroxylation sites is 2. The molecular formula is C48H55N8O2+. The zero-order valence-corrected chi connectivity index (χ0v) is 34.1. The molecule has 7 N–H and O–H groups in total. The number of nitrogens with two attached hydrogens (primary N) is 2. The van der Waals surface area contributed by atoms with Crippen molar-refractivity contribution in [3.63, 3.8) is 0 Å². The van der Waals surface area contributed by atoms with Gasteiger partial charge < -0.3 is 36.9 Å². The van der Waals surface area contributed by atoms with E-state index in [1.807, 2.05) is 60.7 Å². The molecule has 1 aliphatic rings. The predicted octanol–water partition coefficient (Wildman–Crippen LogP) is 10.2. The molecule has 10 nitrogen and oxygen atoms in total. The molecule has 1 aromatic heterocycles. The van der Waals surface area contributed by atoms with E-state index in [0.29, 0.717) is 22.9 Å². The van der Waals surface area contributed by atoms with E-state index < -0.39 is 0 Å². The third kappa shape index (κ3) is 9.35. The molecule has 0 unspecified atom stereocenters. The van der Waals surface area contributed by atoms with Gasteiger partial charge in [0.15, 0.2) is 0 Å². The Hall–Kier alpha value is -6.55. The minimum absolute atomic E-state index is 0.565. The van der Waals surface area contributed by atoms with Crippen LogP contribution in [0.15, 0.2) is 125 Å². The van der Waals surface area contributed by atoms with Crippen molar-refractivity contribution in [2.75, 3.05) is 49.4 Å². The van der Waals surface area contributed by atoms with Crippen LogP contribution in [0.25, 0.3) is 27.8 Å². The van der Waals surface area contributed by atoms with Crippen LogP contribution in [0.4, 0.5) is 34.1 Å². The molecule has 0 aliphatic heterocycles. The summed E-state index contributed by atoms with van der Waals surface area (Å²) < 4.78 is 13.3. The molecule has 0 fully saturated rings. The second-order valence-electron chi connectivity index (χ2n) is 14.9. The fraction of sp³-hybridized carbons (Fsp3) is 0.271. The molecule has 1 aliphatic carbocycles.